The van der Waals surface area contributed by atoms with Crippen molar-refractivity contribution in [3.05, 3.63) is 0 Å². The van der Waals surface area contributed by atoms with Crippen molar-refractivity contribution in [2.75, 3.05) is 32.7 Å². The van der Waals surface area contributed by atoms with Gasteiger partial charge in [-0.15, -0.1) is 0 Å². The average Bonchev–Trinajstić information content (AvgIpc) is 3.11. The molecule has 1 amide bonds. The van der Waals surface area contributed by atoms with E-state index in [-0.39, 0.29) is 6.04 Å². The zero-order chi connectivity index (χ0) is 12.4. The van der Waals surface area contributed by atoms with Crippen molar-refractivity contribution in [1.29, 1.82) is 0 Å². The molecule has 1 saturated carbocycles. The van der Waals surface area contributed by atoms with Crippen molar-refractivity contribution >= 4 is 5.91 Å². The molecule has 1 aliphatic carbocycles. The van der Waals surface area contributed by atoms with Gasteiger partial charge in [-0.2, -0.15) is 0 Å². The highest BCUT2D eigenvalue weighted by molar-refractivity contribution is 5.82. The summed E-state index contributed by atoms with van der Waals surface area (Å²) in [5, 5.41) is 3.32. The van der Waals surface area contributed by atoms with Crippen LogP contribution in [0.5, 0.6) is 0 Å². The maximum absolute atomic E-state index is 12.3. The zero-order valence-electron chi connectivity index (χ0n) is 11.2. The van der Waals surface area contributed by atoms with Crippen LogP contribution < -0.4 is 5.32 Å². The Hall–Kier alpha value is -0.610. The van der Waals surface area contributed by atoms with E-state index in [9.17, 15) is 4.79 Å². The number of hydrogen-bond acceptors (Lipinski definition) is 3. The maximum Gasteiger partial charge on any atom is 0.239 e. The van der Waals surface area contributed by atoms with Gasteiger partial charge in [-0.25, -0.2) is 0 Å². The van der Waals surface area contributed by atoms with Gasteiger partial charge in [-0.1, -0.05) is 12.8 Å². The number of carbonyl (C=O) groups is 1. The third kappa shape index (κ3) is 2.54. The first-order valence-electron chi connectivity index (χ1n) is 7.61. The SMILES string of the molecule is O=C(C1CCCN1)N1CCN(C2CCCC2)CC1. The fraction of sp³-hybridized carbons (Fsp3) is 0.929. The smallest absolute Gasteiger partial charge is 0.239 e. The highest BCUT2D eigenvalue weighted by Crippen LogP contribution is 2.24. The molecule has 2 aliphatic heterocycles. The highest BCUT2D eigenvalue weighted by Gasteiger charge is 2.31. The van der Waals surface area contributed by atoms with Gasteiger partial charge in [0.25, 0.3) is 0 Å². The lowest BCUT2D eigenvalue weighted by Crippen LogP contribution is -2.54. The van der Waals surface area contributed by atoms with E-state index in [1.165, 1.54) is 25.7 Å². The number of nitrogens with zero attached hydrogens (tertiary/aromatic N) is 2. The standard InChI is InChI=1S/C14H25N3O/c18-14(13-6-3-7-15-13)17-10-8-16(9-11-17)12-4-1-2-5-12/h12-13,15H,1-11H2. The van der Waals surface area contributed by atoms with Crippen LogP contribution in [0.3, 0.4) is 0 Å². The predicted molar refractivity (Wildman–Crippen MR) is 71.4 cm³/mol. The largest absolute Gasteiger partial charge is 0.339 e. The van der Waals surface area contributed by atoms with Crippen LogP contribution in [-0.2, 0) is 4.79 Å². The van der Waals surface area contributed by atoms with Gasteiger partial charge in [0.05, 0.1) is 6.04 Å². The Kier molecular flexibility index (Phi) is 3.85. The van der Waals surface area contributed by atoms with Crippen LogP contribution in [0.15, 0.2) is 0 Å². The Bertz CT molecular complexity index is 287. The van der Waals surface area contributed by atoms with Gasteiger partial charge >= 0.3 is 0 Å². The third-order valence-corrected chi connectivity index (χ3v) is 4.83. The first-order chi connectivity index (χ1) is 8.84. The van der Waals surface area contributed by atoms with Crippen LogP contribution in [0, 0.1) is 0 Å². The molecule has 0 spiro atoms. The molecule has 18 heavy (non-hydrogen) atoms. The Morgan fingerprint density at radius 3 is 2.28 bits per heavy atom. The van der Waals surface area contributed by atoms with Gasteiger partial charge in [0.1, 0.15) is 0 Å². The second-order valence-corrected chi connectivity index (χ2v) is 5.95. The molecule has 0 aromatic rings. The van der Waals surface area contributed by atoms with Gasteiger partial charge in [0.2, 0.25) is 5.91 Å². The van der Waals surface area contributed by atoms with Crippen LogP contribution >= 0.6 is 0 Å². The average molecular weight is 251 g/mol. The normalized spacial score (nSPS) is 31.1. The van der Waals surface area contributed by atoms with Crippen molar-refractivity contribution in [3.8, 4) is 0 Å². The van der Waals surface area contributed by atoms with E-state index < -0.39 is 0 Å². The van der Waals surface area contributed by atoms with E-state index in [0.29, 0.717) is 5.91 Å². The number of hydrogen-bond donors (Lipinski definition) is 1. The fourth-order valence-corrected chi connectivity index (χ4v) is 3.69. The summed E-state index contributed by atoms with van der Waals surface area (Å²) in [6.07, 6.45) is 7.72. The van der Waals surface area contributed by atoms with Gasteiger partial charge in [0, 0.05) is 32.2 Å². The lowest BCUT2D eigenvalue weighted by Gasteiger charge is -2.38. The second-order valence-electron chi connectivity index (χ2n) is 5.95. The molecule has 0 aromatic heterocycles. The molecule has 2 heterocycles. The van der Waals surface area contributed by atoms with E-state index in [4.69, 9.17) is 0 Å². The molecular formula is C14H25N3O. The minimum Gasteiger partial charge on any atom is -0.339 e. The predicted octanol–water partition coefficient (Wildman–Crippen LogP) is 0.825. The van der Waals surface area contributed by atoms with Crippen molar-refractivity contribution < 1.29 is 4.79 Å². The summed E-state index contributed by atoms with van der Waals surface area (Å²) in [6.45, 7) is 5.06. The minimum absolute atomic E-state index is 0.114. The summed E-state index contributed by atoms with van der Waals surface area (Å²) in [7, 11) is 0. The minimum atomic E-state index is 0.114. The number of carbonyl (C=O) groups excluding carboxylic acids is 1. The van der Waals surface area contributed by atoms with Gasteiger partial charge in [-0.05, 0) is 32.2 Å². The first kappa shape index (κ1) is 12.4. The van der Waals surface area contributed by atoms with E-state index in [2.05, 4.69) is 15.1 Å². The van der Waals surface area contributed by atoms with Crippen molar-refractivity contribution in [2.45, 2.75) is 50.6 Å². The van der Waals surface area contributed by atoms with Gasteiger partial charge < -0.3 is 10.2 Å². The fourth-order valence-electron chi connectivity index (χ4n) is 3.69. The van der Waals surface area contributed by atoms with Crippen molar-refractivity contribution in [1.82, 2.24) is 15.1 Å². The number of nitrogens with one attached hydrogen (secondary N) is 1. The maximum atomic E-state index is 12.3. The molecule has 3 fully saturated rings. The molecule has 4 heteroatoms. The molecule has 3 aliphatic rings. The number of piperazine rings is 1. The Morgan fingerprint density at radius 2 is 1.67 bits per heavy atom. The number of amides is 1. The third-order valence-electron chi connectivity index (χ3n) is 4.83. The summed E-state index contributed by atoms with van der Waals surface area (Å²) < 4.78 is 0. The zero-order valence-corrected chi connectivity index (χ0v) is 11.2. The van der Waals surface area contributed by atoms with Crippen LogP contribution in [0.25, 0.3) is 0 Å². The molecule has 4 nitrogen and oxygen atoms in total. The van der Waals surface area contributed by atoms with E-state index in [1.807, 2.05) is 0 Å². The molecule has 1 atom stereocenters. The molecule has 3 rings (SSSR count). The van der Waals surface area contributed by atoms with Crippen LogP contribution in [0.2, 0.25) is 0 Å². The Morgan fingerprint density at radius 1 is 0.944 bits per heavy atom. The molecular weight excluding hydrogens is 226 g/mol. The molecule has 1 unspecified atom stereocenters. The van der Waals surface area contributed by atoms with E-state index >= 15 is 0 Å². The Balaban J connectivity index is 1.48. The van der Waals surface area contributed by atoms with Crippen molar-refractivity contribution in [3.63, 3.8) is 0 Å². The first-order valence-corrected chi connectivity index (χ1v) is 7.61. The summed E-state index contributed by atoms with van der Waals surface area (Å²) in [4.78, 5) is 17.0. The molecule has 0 radical (unpaired) electrons. The summed E-state index contributed by atoms with van der Waals surface area (Å²) >= 11 is 0. The van der Waals surface area contributed by atoms with Crippen LogP contribution in [-0.4, -0.2) is 60.5 Å². The molecule has 0 aromatic carbocycles. The highest BCUT2D eigenvalue weighted by atomic mass is 16.2. The van der Waals surface area contributed by atoms with Crippen LogP contribution in [0.1, 0.15) is 38.5 Å². The quantitative estimate of drug-likeness (QED) is 0.789. The summed E-state index contributed by atoms with van der Waals surface area (Å²) in [6, 6.07) is 0.926. The molecule has 102 valence electrons. The molecule has 1 N–H and O–H groups in total. The van der Waals surface area contributed by atoms with E-state index in [1.54, 1.807) is 0 Å². The second kappa shape index (κ2) is 5.57. The van der Waals surface area contributed by atoms with Gasteiger partial charge in [0.15, 0.2) is 0 Å². The lowest BCUT2D eigenvalue weighted by atomic mass is 10.1. The summed E-state index contributed by atoms with van der Waals surface area (Å²) in [5.41, 5.74) is 0. The van der Waals surface area contributed by atoms with Crippen molar-refractivity contribution in [2.24, 2.45) is 0 Å². The van der Waals surface area contributed by atoms with E-state index in [0.717, 1.165) is 51.6 Å². The molecule has 0 bridgehead atoms. The lowest BCUT2D eigenvalue weighted by molar-refractivity contribution is -0.135. The number of rotatable bonds is 2. The topological polar surface area (TPSA) is 35.6 Å². The van der Waals surface area contributed by atoms with Crippen LogP contribution in [0.4, 0.5) is 0 Å². The van der Waals surface area contributed by atoms with Gasteiger partial charge in [-0.3, -0.25) is 9.69 Å². The Labute approximate surface area is 110 Å². The summed E-state index contributed by atoms with van der Waals surface area (Å²) in [5.74, 6) is 0.346. The monoisotopic (exact) mass is 251 g/mol. The molecule has 2 saturated heterocycles.